The normalized spacial score (nSPS) is 12.4. The van der Waals surface area contributed by atoms with Crippen LogP contribution in [-0.2, 0) is 0 Å². The van der Waals surface area contributed by atoms with Crippen molar-refractivity contribution < 1.29 is 18.4 Å². The summed E-state index contributed by atoms with van der Waals surface area (Å²) < 4.78 is 11.3. The standard InChI is InChI=1S/C16H22O4Si2/c1-21(2,15-7-5-13(11-17)19-15)9-10-22(3,4)16-8-6-14(12-18)20-16/h5-8,11-12H,9-10H2,1-4H3. The molecule has 4 nitrogen and oxygen atoms in total. The van der Waals surface area contributed by atoms with Crippen molar-refractivity contribution >= 4 is 39.5 Å². The molecule has 2 heterocycles. The molecule has 6 heteroatoms. The molecular weight excluding hydrogens is 312 g/mol. The first kappa shape index (κ1) is 16.7. The third kappa shape index (κ3) is 3.56. The molecule has 0 radical (unpaired) electrons. The van der Waals surface area contributed by atoms with E-state index in [4.69, 9.17) is 8.83 Å². The predicted molar refractivity (Wildman–Crippen MR) is 92.0 cm³/mol. The first-order valence-electron chi connectivity index (χ1n) is 7.39. The van der Waals surface area contributed by atoms with Crippen LogP contribution in [0.2, 0.25) is 38.3 Å². The summed E-state index contributed by atoms with van der Waals surface area (Å²) in [6, 6.07) is 9.47. The van der Waals surface area contributed by atoms with Crippen LogP contribution in [0.3, 0.4) is 0 Å². The largest absolute Gasteiger partial charge is 0.463 e. The van der Waals surface area contributed by atoms with Crippen LogP contribution < -0.4 is 10.8 Å². The van der Waals surface area contributed by atoms with Gasteiger partial charge in [-0.2, -0.15) is 0 Å². The Hall–Kier alpha value is -1.67. The van der Waals surface area contributed by atoms with E-state index in [2.05, 4.69) is 26.2 Å². The van der Waals surface area contributed by atoms with Crippen LogP contribution in [0.4, 0.5) is 0 Å². The van der Waals surface area contributed by atoms with Gasteiger partial charge in [0, 0.05) is 0 Å². The summed E-state index contributed by atoms with van der Waals surface area (Å²) in [4.78, 5) is 21.5. The van der Waals surface area contributed by atoms with E-state index in [1.165, 1.54) is 0 Å². The van der Waals surface area contributed by atoms with Gasteiger partial charge in [-0.1, -0.05) is 38.3 Å². The number of hydrogen-bond acceptors (Lipinski definition) is 4. The lowest BCUT2D eigenvalue weighted by Gasteiger charge is -2.25. The third-order valence-electron chi connectivity index (χ3n) is 4.19. The summed E-state index contributed by atoms with van der Waals surface area (Å²) in [7, 11) is -3.44. The highest BCUT2D eigenvalue weighted by Gasteiger charge is 2.34. The molecule has 0 amide bonds. The van der Waals surface area contributed by atoms with Gasteiger partial charge in [-0.05, 0) is 24.3 Å². The molecule has 118 valence electrons. The Morgan fingerprint density at radius 1 is 0.773 bits per heavy atom. The Kier molecular flexibility index (Phi) is 4.72. The van der Waals surface area contributed by atoms with E-state index >= 15 is 0 Å². The maximum absolute atomic E-state index is 10.8. The molecule has 0 aliphatic rings. The molecule has 2 aromatic rings. The molecule has 0 atom stereocenters. The molecule has 0 aliphatic heterocycles. The molecular formula is C16H22O4Si2. The quantitative estimate of drug-likeness (QED) is 0.577. The van der Waals surface area contributed by atoms with E-state index < -0.39 is 16.1 Å². The first-order valence-corrected chi connectivity index (χ1v) is 13.8. The van der Waals surface area contributed by atoms with E-state index in [-0.39, 0.29) is 0 Å². The van der Waals surface area contributed by atoms with E-state index in [1.807, 2.05) is 12.1 Å². The summed E-state index contributed by atoms with van der Waals surface area (Å²) >= 11 is 0. The average Bonchev–Trinajstić information content (AvgIpc) is 3.14. The number of carbonyl (C=O) groups is 2. The van der Waals surface area contributed by atoms with Crippen molar-refractivity contribution in [3.63, 3.8) is 0 Å². The van der Waals surface area contributed by atoms with Gasteiger partial charge in [0.25, 0.3) is 0 Å². The number of hydrogen-bond donors (Lipinski definition) is 0. The van der Waals surface area contributed by atoms with Gasteiger partial charge < -0.3 is 8.83 Å². The van der Waals surface area contributed by atoms with Crippen LogP contribution in [0.15, 0.2) is 33.1 Å². The van der Waals surface area contributed by atoms with Gasteiger partial charge in [0.1, 0.15) is 16.1 Å². The highest BCUT2D eigenvalue weighted by atomic mass is 28.3. The van der Waals surface area contributed by atoms with Crippen LogP contribution >= 0.6 is 0 Å². The average molecular weight is 335 g/mol. The minimum atomic E-state index is -1.72. The van der Waals surface area contributed by atoms with Gasteiger partial charge in [0.05, 0.1) is 10.8 Å². The third-order valence-corrected chi connectivity index (χ3v) is 10.9. The summed E-state index contributed by atoms with van der Waals surface area (Å²) in [5.74, 6) is 0.794. The zero-order valence-corrected chi connectivity index (χ0v) is 15.5. The Bertz CT molecular complexity index is 609. The molecule has 22 heavy (non-hydrogen) atoms. The fourth-order valence-electron chi connectivity index (χ4n) is 2.43. The van der Waals surface area contributed by atoms with Crippen LogP contribution in [0.1, 0.15) is 21.1 Å². The zero-order chi connectivity index (χ0) is 16.4. The van der Waals surface area contributed by atoms with Gasteiger partial charge >= 0.3 is 0 Å². The second kappa shape index (κ2) is 6.22. The van der Waals surface area contributed by atoms with Crippen LogP contribution in [-0.4, -0.2) is 28.7 Å². The van der Waals surface area contributed by atoms with Crippen LogP contribution in [0, 0.1) is 0 Å². The molecule has 0 aliphatic carbocycles. The van der Waals surface area contributed by atoms with E-state index in [9.17, 15) is 9.59 Å². The van der Waals surface area contributed by atoms with Gasteiger partial charge in [-0.3, -0.25) is 9.59 Å². The lowest BCUT2D eigenvalue weighted by Crippen LogP contribution is -2.46. The van der Waals surface area contributed by atoms with Crippen molar-refractivity contribution in [2.24, 2.45) is 0 Å². The molecule has 0 bridgehead atoms. The molecule has 0 fully saturated rings. The second-order valence-corrected chi connectivity index (χ2v) is 16.4. The molecule has 0 spiro atoms. The Balaban J connectivity index is 2.09. The van der Waals surface area contributed by atoms with Crippen molar-refractivity contribution in [2.45, 2.75) is 38.3 Å². The summed E-state index contributed by atoms with van der Waals surface area (Å²) in [6.45, 7) is 9.02. The zero-order valence-electron chi connectivity index (χ0n) is 13.5. The summed E-state index contributed by atoms with van der Waals surface area (Å²) in [5, 5.41) is 1.93. The number of rotatable bonds is 7. The van der Waals surface area contributed by atoms with Gasteiger partial charge in [0.15, 0.2) is 24.1 Å². The molecule has 0 N–H and O–H groups in total. The SMILES string of the molecule is C[Si](C)(CC[Si](C)(C)c1ccc(C=O)o1)c1ccc(C=O)o1. The fourth-order valence-corrected chi connectivity index (χ4v) is 9.78. The van der Waals surface area contributed by atoms with Gasteiger partial charge in [0.2, 0.25) is 0 Å². The predicted octanol–water partition coefficient (Wildman–Crippen LogP) is 3.03. The van der Waals surface area contributed by atoms with Crippen molar-refractivity contribution in [2.75, 3.05) is 0 Å². The summed E-state index contributed by atoms with van der Waals surface area (Å²) in [5.41, 5.74) is 0. The van der Waals surface area contributed by atoms with E-state index in [0.29, 0.717) is 11.5 Å². The maximum Gasteiger partial charge on any atom is 0.185 e. The van der Waals surface area contributed by atoms with Crippen LogP contribution in [0.25, 0.3) is 0 Å². The lowest BCUT2D eigenvalue weighted by molar-refractivity contribution is 0.109. The molecule has 0 unspecified atom stereocenters. The van der Waals surface area contributed by atoms with Crippen LogP contribution in [0.5, 0.6) is 0 Å². The molecule has 2 aromatic heterocycles. The molecule has 0 saturated carbocycles. The Labute approximate surface area is 132 Å². The molecule has 0 saturated heterocycles. The fraction of sp³-hybridized carbons (Fsp3) is 0.375. The topological polar surface area (TPSA) is 60.4 Å². The second-order valence-electron chi connectivity index (χ2n) is 6.91. The lowest BCUT2D eigenvalue weighted by atomic mass is 10.5. The van der Waals surface area contributed by atoms with E-state index in [0.717, 1.165) is 35.4 Å². The minimum absolute atomic E-state index is 0.397. The summed E-state index contributed by atoms with van der Waals surface area (Å²) in [6.07, 6.45) is 1.49. The van der Waals surface area contributed by atoms with Crippen molar-refractivity contribution in [3.05, 3.63) is 35.8 Å². The van der Waals surface area contributed by atoms with Crippen molar-refractivity contribution in [1.29, 1.82) is 0 Å². The monoisotopic (exact) mass is 334 g/mol. The first-order chi connectivity index (χ1) is 10.3. The number of furan rings is 2. The van der Waals surface area contributed by atoms with Gasteiger partial charge in [-0.25, -0.2) is 0 Å². The number of aldehydes is 2. The highest BCUT2D eigenvalue weighted by molar-refractivity contribution is 6.93. The maximum atomic E-state index is 10.8. The highest BCUT2D eigenvalue weighted by Crippen LogP contribution is 2.21. The molecule has 0 aromatic carbocycles. The van der Waals surface area contributed by atoms with Crippen molar-refractivity contribution in [3.8, 4) is 0 Å². The minimum Gasteiger partial charge on any atom is -0.463 e. The molecule has 2 rings (SSSR count). The van der Waals surface area contributed by atoms with Crippen molar-refractivity contribution in [1.82, 2.24) is 0 Å². The smallest absolute Gasteiger partial charge is 0.185 e. The number of carbonyl (C=O) groups excluding carboxylic acids is 2. The van der Waals surface area contributed by atoms with Gasteiger partial charge in [-0.15, -0.1) is 0 Å². The van der Waals surface area contributed by atoms with E-state index in [1.54, 1.807) is 12.1 Å². The Morgan fingerprint density at radius 2 is 1.14 bits per heavy atom. The Morgan fingerprint density at radius 3 is 1.41 bits per heavy atom.